The molecule has 1 atom stereocenters. The molecule has 2 rings (SSSR count). The van der Waals surface area contributed by atoms with E-state index in [0.717, 1.165) is 12.2 Å². The van der Waals surface area contributed by atoms with Crippen molar-refractivity contribution in [2.24, 2.45) is 10.8 Å². The fourth-order valence-corrected chi connectivity index (χ4v) is 2.35. The summed E-state index contributed by atoms with van der Waals surface area (Å²) in [5.41, 5.74) is 2.65. The standard InChI is InChI=1S/C13H22N4O/c1-10(9-12-7-4-8-18-12)15-13(17-14)16-11-5-2-3-6-11/h4,7-8,10-11H,2-3,5-6,9,14H2,1H3,(H2,15,16,17). The molecule has 0 amide bonds. The summed E-state index contributed by atoms with van der Waals surface area (Å²) in [4.78, 5) is 4.60. The number of nitrogens with one attached hydrogen (secondary N) is 2. The van der Waals surface area contributed by atoms with Crippen molar-refractivity contribution in [1.29, 1.82) is 0 Å². The zero-order chi connectivity index (χ0) is 12.8. The monoisotopic (exact) mass is 250 g/mol. The molecule has 5 nitrogen and oxygen atoms in total. The number of hydrazine groups is 1. The molecule has 1 aromatic rings. The molecule has 18 heavy (non-hydrogen) atoms. The summed E-state index contributed by atoms with van der Waals surface area (Å²) >= 11 is 0. The average molecular weight is 250 g/mol. The Labute approximate surface area is 108 Å². The highest BCUT2D eigenvalue weighted by molar-refractivity contribution is 5.79. The van der Waals surface area contributed by atoms with Crippen LogP contribution in [0.3, 0.4) is 0 Å². The Morgan fingerprint density at radius 1 is 1.56 bits per heavy atom. The molecule has 0 aliphatic heterocycles. The number of aliphatic imine (C=N–C) groups is 1. The Hall–Kier alpha value is -1.49. The Balaban J connectivity index is 1.85. The van der Waals surface area contributed by atoms with Gasteiger partial charge in [-0.15, -0.1) is 0 Å². The van der Waals surface area contributed by atoms with Crippen LogP contribution in [0.2, 0.25) is 0 Å². The van der Waals surface area contributed by atoms with Gasteiger partial charge in [0.05, 0.1) is 12.3 Å². The molecule has 4 N–H and O–H groups in total. The number of nitrogens with zero attached hydrogens (tertiary/aromatic N) is 1. The van der Waals surface area contributed by atoms with E-state index < -0.39 is 0 Å². The number of rotatable bonds is 4. The van der Waals surface area contributed by atoms with Gasteiger partial charge in [-0.1, -0.05) is 12.8 Å². The van der Waals surface area contributed by atoms with Gasteiger partial charge in [-0.2, -0.15) is 0 Å². The summed E-state index contributed by atoms with van der Waals surface area (Å²) in [6.07, 6.45) is 7.38. The zero-order valence-corrected chi connectivity index (χ0v) is 10.9. The van der Waals surface area contributed by atoms with E-state index in [0.29, 0.717) is 12.0 Å². The molecule has 1 fully saturated rings. The number of hydrogen-bond donors (Lipinski definition) is 3. The van der Waals surface area contributed by atoms with Crippen LogP contribution in [0.1, 0.15) is 38.4 Å². The van der Waals surface area contributed by atoms with E-state index in [1.54, 1.807) is 6.26 Å². The third kappa shape index (κ3) is 3.77. The van der Waals surface area contributed by atoms with Gasteiger partial charge in [0.25, 0.3) is 0 Å². The maximum Gasteiger partial charge on any atom is 0.206 e. The molecule has 1 heterocycles. The van der Waals surface area contributed by atoms with Gasteiger partial charge in [-0.25, -0.2) is 10.8 Å². The van der Waals surface area contributed by atoms with Crippen LogP contribution >= 0.6 is 0 Å². The summed E-state index contributed by atoms with van der Waals surface area (Å²) in [7, 11) is 0. The Morgan fingerprint density at radius 2 is 2.33 bits per heavy atom. The first-order valence-electron chi connectivity index (χ1n) is 6.61. The number of guanidine groups is 1. The van der Waals surface area contributed by atoms with Gasteiger partial charge in [-0.05, 0) is 31.9 Å². The van der Waals surface area contributed by atoms with Gasteiger partial charge in [0.15, 0.2) is 0 Å². The van der Waals surface area contributed by atoms with Crippen LogP contribution in [0.4, 0.5) is 0 Å². The molecule has 1 aliphatic carbocycles. The number of hydrogen-bond acceptors (Lipinski definition) is 3. The molecule has 1 aromatic heterocycles. The van der Waals surface area contributed by atoms with Crippen molar-refractivity contribution in [3.05, 3.63) is 24.2 Å². The molecular weight excluding hydrogens is 228 g/mol. The van der Waals surface area contributed by atoms with Crippen molar-refractivity contribution in [3.8, 4) is 0 Å². The summed E-state index contributed by atoms with van der Waals surface area (Å²) in [6.45, 7) is 2.09. The third-order valence-electron chi connectivity index (χ3n) is 3.24. The van der Waals surface area contributed by atoms with Crippen molar-refractivity contribution in [2.45, 2.75) is 51.1 Å². The normalized spacial score (nSPS) is 18.9. The Morgan fingerprint density at radius 3 is 2.94 bits per heavy atom. The quantitative estimate of drug-likeness (QED) is 0.328. The molecule has 1 unspecified atom stereocenters. The molecular formula is C13H22N4O. The first-order valence-corrected chi connectivity index (χ1v) is 6.61. The van der Waals surface area contributed by atoms with Gasteiger partial charge in [0.2, 0.25) is 5.96 Å². The van der Waals surface area contributed by atoms with Crippen molar-refractivity contribution in [2.75, 3.05) is 0 Å². The fourth-order valence-electron chi connectivity index (χ4n) is 2.35. The van der Waals surface area contributed by atoms with Gasteiger partial charge in [0.1, 0.15) is 5.76 Å². The predicted molar refractivity (Wildman–Crippen MR) is 72.0 cm³/mol. The van der Waals surface area contributed by atoms with Gasteiger partial charge in [-0.3, -0.25) is 5.43 Å². The minimum absolute atomic E-state index is 0.229. The van der Waals surface area contributed by atoms with Crippen LogP contribution in [0.15, 0.2) is 27.8 Å². The summed E-state index contributed by atoms with van der Waals surface area (Å²) in [5.74, 6) is 7.15. The molecule has 1 aliphatic rings. The molecule has 100 valence electrons. The summed E-state index contributed by atoms with van der Waals surface area (Å²) in [5, 5.41) is 3.29. The van der Waals surface area contributed by atoms with Crippen molar-refractivity contribution in [1.82, 2.24) is 10.7 Å². The first-order chi connectivity index (χ1) is 8.78. The lowest BCUT2D eigenvalue weighted by Gasteiger charge is -2.16. The number of nitrogens with two attached hydrogens (primary N) is 1. The maximum atomic E-state index is 5.51. The van der Waals surface area contributed by atoms with Crippen molar-refractivity contribution >= 4 is 5.96 Å². The second kappa shape index (κ2) is 6.44. The highest BCUT2D eigenvalue weighted by Crippen LogP contribution is 2.20. The van der Waals surface area contributed by atoms with E-state index in [9.17, 15) is 0 Å². The molecule has 0 spiro atoms. The SMILES string of the molecule is CC(Cc1ccco1)NC(=NC1CCCC1)NN. The highest BCUT2D eigenvalue weighted by Gasteiger charge is 2.15. The average Bonchev–Trinajstić information content (AvgIpc) is 3.01. The second-order valence-electron chi connectivity index (χ2n) is 4.89. The molecule has 0 radical (unpaired) electrons. The zero-order valence-electron chi connectivity index (χ0n) is 10.9. The lowest BCUT2D eigenvalue weighted by Crippen LogP contribution is -2.46. The van der Waals surface area contributed by atoms with Gasteiger partial charge >= 0.3 is 0 Å². The first kappa shape index (κ1) is 13.0. The third-order valence-corrected chi connectivity index (χ3v) is 3.24. The van der Waals surface area contributed by atoms with Gasteiger partial charge < -0.3 is 9.73 Å². The minimum atomic E-state index is 0.229. The smallest absolute Gasteiger partial charge is 0.206 e. The lowest BCUT2D eigenvalue weighted by molar-refractivity contribution is 0.479. The predicted octanol–water partition coefficient (Wildman–Crippen LogP) is 1.56. The van der Waals surface area contributed by atoms with E-state index in [4.69, 9.17) is 10.3 Å². The van der Waals surface area contributed by atoms with Crippen LogP contribution in [-0.2, 0) is 6.42 Å². The fraction of sp³-hybridized carbons (Fsp3) is 0.615. The van der Waals surface area contributed by atoms with E-state index in [2.05, 4.69) is 22.7 Å². The summed E-state index contributed by atoms with van der Waals surface area (Å²) in [6, 6.07) is 4.52. The lowest BCUT2D eigenvalue weighted by atomic mass is 10.2. The van der Waals surface area contributed by atoms with Crippen LogP contribution in [-0.4, -0.2) is 18.0 Å². The van der Waals surface area contributed by atoms with Crippen LogP contribution in [0.25, 0.3) is 0 Å². The number of furan rings is 1. The van der Waals surface area contributed by atoms with Crippen LogP contribution in [0, 0.1) is 0 Å². The van der Waals surface area contributed by atoms with Crippen LogP contribution < -0.4 is 16.6 Å². The van der Waals surface area contributed by atoms with Crippen molar-refractivity contribution < 1.29 is 4.42 Å². The molecule has 0 bridgehead atoms. The molecule has 0 aromatic carbocycles. The maximum absolute atomic E-state index is 5.51. The van der Waals surface area contributed by atoms with Crippen LogP contribution in [0.5, 0.6) is 0 Å². The Bertz CT molecular complexity index is 368. The molecule has 0 saturated heterocycles. The van der Waals surface area contributed by atoms with Crippen molar-refractivity contribution in [3.63, 3.8) is 0 Å². The van der Waals surface area contributed by atoms with Gasteiger partial charge in [0, 0.05) is 12.5 Å². The highest BCUT2D eigenvalue weighted by atomic mass is 16.3. The molecule has 1 saturated carbocycles. The second-order valence-corrected chi connectivity index (χ2v) is 4.89. The molecule has 5 heteroatoms. The minimum Gasteiger partial charge on any atom is -0.469 e. The summed E-state index contributed by atoms with van der Waals surface area (Å²) < 4.78 is 5.32. The van der Waals surface area contributed by atoms with E-state index in [1.807, 2.05) is 12.1 Å². The largest absolute Gasteiger partial charge is 0.469 e. The van der Waals surface area contributed by atoms with E-state index >= 15 is 0 Å². The Kier molecular flexibility index (Phi) is 4.64. The van der Waals surface area contributed by atoms with E-state index in [-0.39, 0.29) is 6.04 Å². The topological polar surface area (TPSA) is 75.6 Å². The van der Waals surface area contributed by atoms with E-state index in [1.165, 1.54) is 25.7 Å².